The van der Waals surface area contributed by atoms with Gasteiger partial charge in [-0.1, -0.05) is 89.3 Å². The van der Waals surface area contributed by atoms with Crippen LogP contribution in [-0.2, 0) is 20.3 Å². The second-order valence-corrected chi connectivity index (χ2v) is 15.6. The Kier molecular flexibility index (Phi) is 9.45. The van der Waals surface area contributed by atoms with Crippen molar-refractivity contribution in [2.45, 2.75) is 85.8 Å². The van der Waals surface area contributed by atoms with Crippen LogP contribution in [0.15, 0.2) is 68.1 Å². The van der Waals surface area contributed by atoms with E-state index in [1.807, 2.05) is 13.8 Å². The number of carbonyl (C=O) groups is 2. The predicted molar refractivity (Wildman–Crippen MR) is 170 cm³/mol. The summed E-state index contributed by atoms with van der Waals surface area (Å²) >= 11 is 5.87. The highest BCUT2D eigenvalue weighted by atomic mass is 32.2. The highest BCUT2D eigenvalue weighted by Crippen LogP contribution is 2.52. The second-order valence-electron chi connectivity index (χ2n) is 11.4. The van der Waals surface area contributed by atoms with Crippen molar-refractivity contribution in [2.24, 2.45) is 0 Å². The first-order valence-electron chi connectivity index (χ1n) is 13.3. The van der Waals surface area contributed by atoms with Crippen molar-refractivity contribution in [3.63, 3.8) is 0 Å². The van der Waals surface area contributed by atoms with Crippen LogP contribution in [0.5, 0.6) is 0 Å². The lowest BCUT2D eigenvalue weighted by atomic mass is 9.87. The molecule has 2 heterocycles. The van der Waals surface area contributed by atoms with Gasteiger partial charge < -0.3 is 9.47 Å². The average Bonchev–Trinajstić information content (AvgIpc) is 3.41. The molecule has 0 saturated carbocycles. The molecule has 0 fully saturated rings. The van der Waals surface area contributed by atoms with Crippen molar-refractivity contribution in [3.8, 4) is 0 Å². The number of fused-ring (bicyclic) bond motifs is 1. The van der Waals surface area contributed by atoms with Crippen molar-refractivity contribution in [1.29, 1.82) is 0 Å². The third-order valence-corrected chi connectivity index (χ3v) is 11.5. The molecule has 212 valence electrons. The molecule has 0 atom stereocenters. The Bertz CT molecular complexity index is 1380. The number of esters is 2. The summed E-state index contributed by atoms with van der Waals surface area (Å²) in [6.07, 6.45) is 0. The number of ether oxygens (including phenoxy) is 2. The first-order chi connectivity index (χ1) is 18.8. The van der Waals surface area contributed by atoms with Crippen LogP contribution < -0.4 is 0 Å². The Labute approximate surface area is 253 Å². The third kappa shape index (κ3) is 6.78. The van der Waals surface area contributed by atoms with E-state index < -0.39 is 0 Å². The Hall–Kier alpha value is -2.26. The van der Waals surface area contributed by atoms with Crippen molar-refractivity contribution >= 4 is 67.5 Å². The van der Waals surface area contributed by atoms with Gasteiger partial charge in [0.1, 0.15) is 9.75 Å². The van der Waals surface area contributed by atoms with Gasteiger partial charge in [-0.15, -0.1) is 22.7 Å². The minimum Gasteiger partial charge on any atom is -0.462 e. The lowest BCUT2D eigenvalue weighted by Crippen LogP contribution is -2.10. The van der Waals surface area contributed by atoms with Gasteiger partial charge in [0.25, 0.3) is 0 Å². The molecule has 4 aromatic rings. The minimum atomic E-state index is -0.340. The number of thiophene rings is 2. The van der Waals surface area contributed by atoms with Gasteiger partial charge in [0.05, 0.1) is 32.4 Å². The van der Waals surface area contributed by atoms with Gasteiger partial charge >= 0.3 is 11.9 Å². The molecule has 8 heteroatoms. The molecular weight excluding hydrogens is 577 g/mol. The van der Waals surface area contributed by atoms with E-state index in [0.29, 0.717) is 23.0 Å². The molecule has 0 aliphatic rings. The van der Waals surface area contributed by atoms with E-state index in [4.69, 9.17) is 9.47 Å². The fourth-order valence-corrected chi connectivity index (χ4v) is 9.15. The van der Waals surface area contributed by atoms with Gasteiger partial charge in [0.15, 0.2) is 0 Å². The summed E-state index contributed by atoms with van der Waals surface area (Å²) in [5.41, 5.74) is 2.59. The molecule has 0 radical (unpaired) electrons. The van der Waals surface area contributed by atoms with E-state index in [0.717, 1.165) is 29.0 Å². The molecule has 0 aliphatic heterocycles. The van der Waals surface area contributed by atoms with Crippen LogP contribution in [-0.4, -0.2) is 25.2 Å². The highest BCUT2D eigenvalue weighted by Gasteiger charge is 2.29. The molecule has 2 aromatic heterocycles. The quantitative estimate of drug-likeness (QED) is 0.185. The van der Waals surface area contributed by atoms with Gasteiger partial charge in [-0.05, 0) is 60.1 Å². The van der Waals surface area contributed by atoms with Gasteiger partial charge in [0, 0.05) is 9.79 Å². The Balaban J connectivity index is 1.83. The Morgan fingerprint density at radius 1 is 0.625 bits per heavy atom. The standard InChI is InChI=1S/C32H36O4S4/c1-9-35-29(33)27-25(37-21-15-11-19(12-16-21)31(3,4)5)23-24(39-27)26(28(40-23)30(34)36-10-2)38-22-17-13-20(14-18-22)32(6,7)8/h11-18H,9-10H2,1-8H3. The van der Waals surface area contributed by atoms with E-state index in [9.17, 15) is 9.59 Å². The molecule has 2 aromatic carbocycles. The monoisotopic (exact) mass is 612 g/mol. The summed E-state index contributed by atoms with van der Waals surface area (Å²) < 4.78 is 12.7. The van der Waals surface area contributed by atoms with Gasteiger partial charge in [-0.25, -0.2) is 9.59 Å². The third-order valence-electron chi connectivity index (χ3n) is 6.24. The van der Waals surface area contributed by atoms with Crippen molar-refractivity contribution in [2.75, 3.05) is 13.2 Å². The largest absolute Gasteiger partial charge is 0.462 e. The maximum Gasteiger partial charge on any atom is 0.349 e. The van der Waals surface area contributed by atoms with Crippen LogP contribution in [0.4, 0.5) is 0 Å². The Morgan fingerprint density at radius 3 is 1.23 bits per heavy atom. The van der Waals surface area contributed by atoms with Crippen molar-refractivity contribution in [3.05, 3.63) is 69.4 Å². The van der Waals surface area contributed by atoms with Gasteiger partial charge in [-0.2, -0.15) is 0 Å². The normalized spacial score (nSPS) is 12.1. The van der Waals surface area contributed by atoms with Crippen LogP contribution in [0.3, 0.4) is 0 Å². The van der Waals surface area contributed by atoms with Crippen LogP contribution in [0.1, 0.15) is 85.9 Å². The molecule has 0 spiro atoms. The summed E-state index contributed by atoms with van der Waals surface area (Å²) in [5.74, 6) is -0.680. The first-order valence-corrected chi connectivity index (χ1v) is 16.6. The van der Waals surface area contributed by atoms with E-state index >= 15 is 0 Å². The first kappa shape index (κ1) is 30.7. The molecule has 40 heavy (non-hydrogen) atoms. The van der Waals surface area contributed by atoms with Gasteiger partial charge in [-0.3, -0.25) is 0 Å². The summed E-state index contributed by atoms with van der Waals surface area (Å²) in [7, 11) is 0. The number of hydrogen-bond donors (Lipinski definition) is 0. The zero-order valence-electron chi connectivity index (χ0n) is 24.3. The minimum absolute atomic E-state index is 0.0500. The molecule has 0 aliphatic carbocycles. The average molecular weight is 613 g/mol. The second kappa shape index (κ2) is 12.3. The lowest BCUT2D eigenvalue weighted by Gasteiger charge is -2.19. The number of benzene rings is 2. The highest BCUT2D eigenvalue weighted by molar-refractivity contribution is 8.00. The maximum atomic E-state index is 13.1. The van der Waals surface area contributed by atoms with E-state index in [-0.39, 0.29) is 22.8 Å². The zero-order valence-corrected chi connectivity index (χ0v) is 27.6. The topological polar surface area (TPSA) is 52.6 Å². The molecule has 4 nitrogen and oxygen atoms in total. The molecule has 0 bridgehead atoms. The van der Waals surface area contributed by atoms with E-state index in [2.05, 4.69) is 90.1 Å². The summed E-state index contributed by atoms with van der Waals surface area (Å²) in [6, 6.07) is 16.9. The zero-order chi connectivity index (χ0) is 29.2. The fraction of sp³-hybridized carbons (Fsp3) is 0.375. The van der Waals surface area contributed by atoms with Crippen LogP contribution in [0, 0.1) is 0 Å². The van der Waals surface area contributed by atoms with Crippen LogP contribution >= 0.6 is 46.2 Å². The molecule has 0 amide bonds. The smallest absolute Gasteiger partial charge is 0.349 e. The fourth-order valence-electron chi connectivity index (χ4n) is 4.02. The molecular formula is C32H36O4S4. The summed E-state index contributed by atoms with van der Waals surface area (Å²) in [6.45, 7) is 17.4. The predicted octanol–water partition coefficient (Wildman–Crippen LogP) is 10.2. The number of rotatable bonds is 8. The lowest BCUT2D eigenvalue weighted by molar-refractivity contribution is 0.0519. The van der Waals surface area contributed by atoms with Crippen LogP contribution in [0.25, 0.3) is 9.40 Å². The summed E-state index contributed by atoms with van der Waals surface area (Å²) in [5, 5.41) is 0. The number of hydrogen-bond acceptors (Lipinski definition) is 8. The maximum absolute atomic E-state index is 13.1. The number of carbonyl (C=O) groups excluding carboxylic acids is 2. The molecule has 0 N–H and O–H groups in total. The van der Waals surface area contributed by atoms with E-state index in [1.165, 1.54) is 33.8 Å². The molecule has 0 unspecified atom stereocenters. The van der Waals surface area contributed by atoms with Crippen molar-refractivity contribution < 1.29 is 19.1 Å². The van der Waals surface area contributed by atoms with E-state index in [1.54, 1.807) is 23.5 Å². The molecule has 0 saturated heterocycles. The SMILES string of the molecule is CCOC(=O)c1sc2c(Sc3ccc(C(C)(C)C)cc3)c(C(=O)OCC)sc2c1Sc1ccc(C(C)(C)C)cc1. The Morgan fingerprint density at radius 2 is 0.950 bits per heavy atom. The summed E-state index contributed by atoms with van der Waals surface area (Å²) in [4.78, 5) is 31.1. The van der Waals surface area contributed by atoms with Gasteiger partial charge in [0.2, 0.25) is 0 Å². The van der Waals surface area contributed by atoms with Crippen molar-refractivity contribution in [1.82, 2.24) is 0 Å². The molecule has 4 rings (SSSR count). The van der Waals surface area contributed by atoms with Crippen LogP contribution in [0.2, 0.25) is 0 Å².